The van der Waals surface area contributed by atoms with Crippen LogP contribution in [0.15, 0.2) is 0 Å². The fourth-order valence-corrected chi connectivity index (χ4v) is 2.90. The molecule has 2 nitrogen and oxygen atoms in total. The lowest BCUT2D eigenvalue weighted by Crippen LogP contribution is -2.37. The molecule has 2 aliphatic rings. The summed E-state index contributed by atoms with van der Waals surface area (Å²) >= 11 is 0. The van der Waals surface area contributed by atoms with Crippen molar-refractivity contribution in [2.45, 2.75) is 71.5 Å². The highest BCUT2D eigenvalue weighted by atomic mass is 16.5. The van der Waals surface area contributed by atoms with Crippen LogP contribution < -0.4 is 0 Å². The van der Waals surface area contributed by atoms with E-state index >= 15 is 0 Å². The van der Waals surface area contributed by atoms with Gasteiger partial charge < -0.3 is 9.64 Å². The smallest absolute Gasteiger partial charge is 0.0603 e. The van der Waals surface area contributed by atoms with Gasteiger partial charge in [0.25, 0.3) is 0 Å². The van der Waals surface area contributed by atoms with E-state index in [1.165, 1.54) is 51.6 Å². The Morgan fingerprint density at radius 1 is 0.941 bits per heavy atom. The summed E-state index contributed by atoms with van der Waals surface area (Å²) < 4.78 is 6.22. The van der Waals surface area contributed by atoms with E-state index in [9.17, 15) is 0 Å². The highest BCUT2D eigenvalue weighted by molar-refractivity contribution is 4.75. The molecule has 0 N–H and O–H groups in total. The molecule has 1 saturated heterocycles. The SMILES string of the molecule is CC.CC1CCCC(OC2CCN(C)CC2)C1. The topological polar surface area (TPSA) is 12.5 Å². The Hall–Kier alpha value is -0.0800. The molecule has 0 amide bonds. The van der Waals surface area contributed by atoms with E-state index in [0.29, 0.717) is 12.2 Å². The van der Waals surface area contributed by atoms with Crippen LogP contribution >= 0.6 is 0 Å². The zero-order chi connectivity index (χ0) is 12.7. The molecular formula is C15H31NO. The van der Waals surface area contributed by atoms with E-state index in [2.05, 4.69) is 18.9 Å². The van der Waals surface area contributed by atoms with Crippen molar-refractivity contribution in [3.05, 3.63) is 0 Å². The van der Waals surface area contributed by atoms with Gasteiger partial charge in [0.15, 0.2) is 0 Å². The summed E-state index contributed by atoms with van der Waals surface area (Å²) in [5.41, 5.74) is 0. The average molecular weight is 241 g/mol. The molecule has 0 spiro atoms. The molecule has 2 rings (SSSR count). The predicted molar refractivity (Wildman–Crippen MR) is 74.4 cm³/mol. The van der Waals surface area contributed by atoms with Crippen LogP contribution in [-0.2, 0) is 4.74 Å². The summed E-state index contributed by atoms with van der Waals surface area (Å²) in [5, 5.41) is 0. The van der Waals surface area contributed by atoms with Crippen LogP contribution in [0.1, 0.15) is 59.3 Å². The first-order chi connectivity index (χ1) is 8.24. The molecule has 0 aromatic rings. The van der Waals surface area contributed by atoms with Crippen molar-refractivity contribution in [1.29, 1.82) is 0 Å². The number of hydrogen-bond donors (Lipinski definition) is 0. The van der Waals surface area contributed by atoms with E-state index in [1.54, 1.807) is 0 Å². The van der Waals surface area contributed by atoms with Gasteiger partial charge in [-0.05, 0) is 38.6 Å². The highest BCUT2D eigenvalue weighted by Gasteiger charge is 2.24. The van der Waals surface area contributed by atoms with Crippen LogP contribution in [0, 0.1) is 5.92 Å². The summed E-state index contributed by atoms with van der Waals surface area (Å²) in [6.07, 6.45) is 8.98. The first kappa shape index (κ1) is 15.0. The fraction of sp³-hybridized carbons (Fsp3) is 1.00. The summed E-state index contributed by atoms with van der Waals surface area (Å²) in [6, 6.07) is 0. The maximum atomic E-state index is 6.22. The highest BCUT2D eigenvalue weighted by Crippen LogP contribution is 2.28. The minimum absolute atomic E-state index is 0.552. The van der Waals surface area contributed by atoms with Crippen molar-refractivity contribution < 1.29 is 4.74 Å². The number of likely N-dealkylation sites (tertiary alicyclic amines) is 1. The van der Waals surface area contributed by atoms with Crippen LogP contribution in [0.25, 0.3) is 0 Å². The molecule has 17 heavy (non-hydrogen) atoms. The van der Waals surface area contributed by atoms with Crippen molar-refractivity contribution in [2.24, 2.45) is 5.92 Å². The second-order valence-electron chi connectivity index (χ2n) is 5.53. The number of ether oxygens (including phenoxy) is 1. The molecule has 0 radical (unpaired) electrons. The maximum Gasteiger partial charge on any atom is 0.0603 e. The van der Waals surface area contributed by atoms with Crippen LogP contribution in [0.4, 0.5) is 0 Å². The number of rotatable bonds is 2. The van der Waals surface area contributed by atoms with E-state index in [0.717, 1.165) is 5.92 Å². The van der Waals surface area contributed by atoms with Gasteiger partial charge in [-0.25, -0.2) is 0 Å². The Morgan fingerprint density at radius 3 is 2.18 bits per heavy atom. The van der Waals surface area contributed by atoms with Gasteiger partial charge in [-0.3, -0.25) is 0 Å². The van der Waals surface area contributed by atoms with Crippen molar-refractivity contribution in [1.82, 2.24) is 4.90 Å². The Labute approximate surface area is 108 Å². The third-order valence-corrected chi connectivity index (χ3v) is 3.94. The largest absolute Gasteiger partial charge is 0.375 e. The quantitative estimate of drug-likeness (QED) is 0.731. The molecule has 0 bridgehead atoms. The van der Waals surface area contributed by atoms with Gasteiger partial charge in [0.1, 0.15) is 0 Å². The Balaban J connectivity index is 0.000000686. The Morgan fingerprint density at radius 2 is 1.59 bits per heavy atom. The zero-order valence-electron chi connectivity index (χ0n) is 12.2. The van der Waals surface area contributed by atoms with Gasteiger partial charge in [-0.1, -0.05) is 33.6 Å². The molecule has 2 atom stereocenters. The van der Waals surface area contributed by atoms with Crippen LogP contribution in [0.3, 0.4) is 0 Å². The lowest BCUT2D eigenvalue weighted by molar-refractivity contribution is -0.0603. The second kappa shape index (κ2) is 8.10. The van der Waals surface area contributed by atoms with Gasteiger partial charge in [-0.2, -0.15) is 0 Å². The van der Waals surface area contributed by atoms with Gasteiger partial charge in [-0.15, -0.1) is 0 Å². The minimum atomic E-state index is 0.552. The molecule has 0 aromatic heterocycles. The van der Waals surface area contributed by atoms with Crippen LogP contribution in [-0.4, -0.2) is 37.2 Å². The summed E-state index contributed by atoms with van der Waals surface area (Å²) in [6.45, 7) is 8.80. The lowest BCUT2D eigenvalue weighted by Gasteiger charge is -2.34. The minimum Gasteiger partial charge on any atom is -0.375 e. The second-order valence-corrected chi connectivity index (χ2v) is 5.53. The molecule has 1 aliphatic carbocycles. The summed E-state index contributed by atoms with van der Waals surface area (Å²) in [7, 11) is 2.21. The van der Waals surface area contributed by atoms with E-state index < -0.39 is 0 Å². The van der Waals surface area contributed by atoms with Gasteiger partial charge in [0.2, 0.25) is 0 Å². The normalized spacial score (nSPS) is 31.8. The summed E-state index contributed by atoms with van der Waals surface area (Å²) in [4.78, 5) is 2.41. The van der Waals surface area contributed by atoms with Gasteiger partial charge in [0, 0.05) is 13.1 Å². The Kier molecular flexibility index (Phi) is 7.14. The lowest BCUT2D eigenvalue weighted by atomic mass is 9.88. The Bertz CT molecular complexity index is 187. The molecule has 0 aromatic carbocycles. The molecule has 1 heterocycles. The van der Waals surface area contributed by atoms with E-state index in [4.69, 9.17) is 4.74 Å². The first-order valence-electron chi connectivity index (χ1n) is 7.58. The van der Waals surface area contributed by atoms with E-state index in [-0.39, 0.29) is 0 Å². The van der Waals surface area contributed by atoms with Crippen molar-refractivity contribution in [3.63, 3.8) is 0 Å². The van der Waals surface area contributed by atoms with Crippen molar-refractivity contribution in [3.8, 4) is 0 Å². The number of nitrogens with zero attached hydrogens (tertiary/aromatic N) is 1. The summed E-state index contributed by atoms with van der Waals surface area (Å²) in [5.74, 6) is 0.884. The van der Waals surface area contributed by atoms with Crippen molar-refractivity contribution >= 4 is 0 Å². The van der Waals surface area contributed by atoms with Gasteiger partial charge in [0.05, 0.1) is 12.2 Å². The molecule has 1 aliphatic heterocycles. The predicted octanol–water partition coefficient (Wildman–Crippen LogP) is 3.70. The third kappa shape index (κ3) is 5.39. The average Bonchev–Trinajstić information content (AvgIpc) is 2.35. The maximum absolute atomic E-state index is 6.22. The van der Waals surface area contributed by atoms with Crippen LogP contribution in [0.5, 0.6) is 0 Å². The van der Waals surface area contributed by atoms with Gasteiger partial charge >= 0.3 is 0 Å². The standard InChI is InChI=1S/C13H25NO.C2H6/c1-11-4-3-5-13(10-11)15-12-6-8-14(2)9-7-12;1-2/h11-13H,3-10H2,1-2H3;1-2H3. The molecular weight excluding hydrogens is 210 g/mol. The van der Waals surface area contributed by atoms with E-state index in [1.807, 2.05) is 13.8 Å². The number of piperidine rings is 1. The fourth-order valence-electron chi connectivity index (χ4n) is 2.90. The third-order valence-electron chi connectivity index (χ3n) is 3.94. The zero-order valence-corrected chi connectivity index (χ0v) is 12.2. The number of hydrogen-bond acceptors (Lipinski definition) is 2. The van der Waals surface area contributed by atoms with Crippen molar-refractivity contribution in [2.75, 3.05) is 20.1 Å². The molecule has 2 unspecified atom stereocenters. The molecule has 2 fully saturated rings. The molecule has 102 valence electrons. The first-order valence-corrected chi connectivity index (χ1v) is 7.58. The molecule has 2 heteroatoms. The molecule has 1 saturated carbocycles. The van der Waals surface area contributed by atoms with Crippen LogP contribution in [0.2, 0.25) is 0 Å². The monoisotopic (exact) mass is 241 g/mol.